The highest BCUT2D eigenvalue weighted by molar-refractivity contribution is 5.80. The first kappa shape index (κ1) is 32.4. The molecule has 0 aromatic carbocycles. The van der Waals surface area contributed by atoms with Crippen molar-refractivity contribution in [3.8, 4) is 0 Å². The van der Waals surface area contributed by atoms with Gasteiger partial charge in [0, 0.05) is 12.1 Å². The summed E-state index contributed by atoms with van der Waals surface area (Å²) in [6.07, 6.45) is -17.0. The van der Waals surface area contributed by atoms with Crippen LogP contribution in [-0.4, -0.2) is 153 Å². The summed E-state index contributed by atoms with van der Waals surface area (Å²) in [4.78, 5) is 12.4. The molecule has 2 heterocycles. The van der Waals surface area contributed by atoms with Gasteiger partial charge in [0.1, 0.15) is 61.0 Å². The van der Waals surface area contributed by atoms with Crippen LogP contribution in [0.1, 0.15) is 19.8 Å². The van der Waals surface area contributed by atoms with Crippen molar-refractivity contribution in [3.05, 3.63) is 0 Å². The van der Waals surface area contributed by atoms with Crippen LogP contribution in [-0.2, 0) is 23.7 Å². The van der Waals surface area contributed by atoms with Crippen LogP contribution in [0.5, 0.6) is 0 Å². The average Bonchev–Trinajstić information content (AvgIpc) is 3.17. The molecule has 1 aliphatic carbocycles. The molecule has 14 unspecified atom stereocenters. The number of hydrogen-bond acceptors (Lipinski definition) is 16. The maximum Gasteiger partial charge on any atom is 0.249 e. The monoisotopic (exact) mass is 569 g/mol. The molecule has 1 amide bonds. The molecule has 17 nitrogen and oxygen atoms in total. The molecule has 3 aliphatic rings. The van der Waals surface area contributed by atoms with Gasteiger partial charge in [0.25, 0.3) is 0 Å². The number of carbonyl (C=O) groups is 1. The maximum absolute atomic E-state index is 12.4. The number of amides is 1. The lowest BCUT2D eigenvalue weighted by Gasteiger charge is -2.47. The maximum atomic E-state index is 12.4. The van der Waals surface area contributed by atoms with Gasteiger partial charge in [-0.2, -0.15) is 0 Å². The zero-order valence-corrected chi connectivity index (χ0v) is 21.5. The zero-order chi connectivity index (χ0) is 29.2. The Morgan fingerprint density at radius 1 is 0.974 bits per heavy atom. The molecular formula is C22H43N5O12. The summed E-state index contributed by atoms with van der Waals surface area (Å²) in [5.74, 6) is -0.806. The number of hydrogen-bond donors (Lipinski definition) is 12. The third-order valence-electron chi connectivity index (χ3n) is 7.38. The van der Waals surface area contributed by atoms with Crippen LogP contribution in [0.3, 0.4) is 0 Å². The molecular weight excluding hydrogens is 526 g/mol. The summed E-state index contributed by atoms with van der Waals surface area (Å²) < 4.78 is 22.9. The second-order valence-electron chi connectivity index (χ2n) is 10.4. The van der Waals surface area contributed by atoms with E-state index in [-0.39, 0.29) is 19.4 Å². The third kappa shape index (κ3) is 7.03. The van der Waals surface area contributed by atoms with Gasteiger partial charge in [0.05, 0.1) is 18.7 Å². The van der Waals surface area contributed by atoms with E-state index in [0.29, 0.717) is 0 Å². The first-order chi connectivity index (χ1) is 18.3. The highest BCUT2D eigenvalue weighted by Crippen LogP contribution is 2.33. The van der Waals surface area contributed by atoms with Crippen molar-refractivity contribution in [1.29, 1.82) is 0 Å². The minimum absolute atomic E-state index is 0.0257. The predicted octanol–water partition coefficient (Wildman–Crippen LogP) is -7.40. The van der Waals surface area contributed by atoms with Gasteiger partial charge < -0.3 is 82.9 Å². The van der Waals surface area contributed by atoms with Gasteiger partial charge in [0.15, 0.2) is 12.6 Å². The fourth-order valence-electron chi connectivity index (χ4n) is 5.04. The first-order valence-electron chi connectivity index (χ1n) is 12.9. The normalized spacial score (nSPS) is 46.6. The van der Waals surface area contributed by atoms with Gasteiger partial charge in [-0.05, 0) is 26.3 Å². The summed E-state index contributed by atoms with van der Waals surface area (Å²) in [5, 5.41) is 74.5. The summed E-state index contributed by atoms with van der Waals surface area (Å²) in [7, 11) is 0. The van der Waals surface area contributed by atoms with E-state index in [4.69, 9.17) is 41.9 Å². The van der Waals surface area contributed by atoms with Crippen molar-refractivity contribution in [2.45, 2.75) is 118 Å². The van der Waals surface area contributed by atoms with E-state index in [1.807, 2.05) is 0 Å². The summed E-state index contributed by atoms with van der Waals surface area (Å²) in [5.41, 5.74) is 23.6. The van der Waals surface area contributed by atoms with E-state index in [1.54, 1.807) is 6.92 Å². The van der Waals surface area contributed by atoms with Gasteiger partial charge in [-0.15, -0.1) is 0 Å². The van der Waals surface area contributed by atoms with Crippen LogP contribution in [0.15, 0.2) is 0 Å². The highest BCUT2D eigenvalue weighted by Gasteiger charge is 2.53. The van der Waals surface area contributed by atoms with Crippen LogP contribution in [0.4, 0.5) is 0 Å². The van der Waals surface area contributed by atoms with Crippen molar-refractivity contribution in [1.82, 2.24) is 5.32 Å². The SMILES string of the molecule is C[C@H](N)C1OC(OC2C(O)C(NC(=O)[C@@H](O)CCN)CC(N)C2OC2OC(CO)C(O)C(O)C2N)C(O)C1O. The quantitative estimate of drug-likeness (QED) is 0.116. The lowest BCUT2D eigenvalue weighted by Crippen LogP contribution is -2.69. The molecule has 16 atom stereocenters. The Hall–Kier alpha value is -1.13. The topological polar surface area (TPSA) is 312 Å². The van der Waals surface area contributed by atoms with Crippen molar-refractivity contribution in [2.24, 2.45) is 22.9 Å². The van der Waals surface area contributed by atoms with Gasteiger partial charge in [-0.25, -0.2) is 0 Å². The van der Waals surface area contributed by atoms with Crippen LogP contribution in [0.25, 0.3) is 0 Å². The number of rotatable bonds is 10. The number of aliphatic hydroxyl groups is 7. The Bertz CT molecular complexity index is 799. The molecule has 3 rings (SSSR count). The molecule has 0 aromatic rings. The summed E-state index contributed by atoms with van der Waals surface area (Å²) >= 11 is 0. The van der Waals surface area contributed by atoms with Crippen LogP contribution >= 0.6 is 0 Å². The van der Waals surface area contributed by atoms with Crippen LogP contribution < -0.4 is 28.3 Å². The molecule has 0 radical (unpaired) electrons. The zero-order valence-electron chi connectivity index (χ0n) is 21.5. The summed E-state index contributed by atoms with van der Waals surface area (Å²) in [6, 6.07) is -4.04. The second kappa shape index (κ2) is 13.7. The van der Waals surface area contributed by atoms with Crippen molar-refractivity contribution >= 4 is 5.91 Å². The highest BCUT2D eigenvalue weighted by atomic mass is 16.7. The molecule has 0 bridgehead atoms. The largest absolute Gasteiger partial charge is 0.394 e. The smallest absolute Gasteiger partial charge is 0.249 e. The standard InChI is InChI=1S/C22H43N5O12/c1-6(24)17-15(33)16(34)22(37-17)39-19-12(30)8(27-20(35)9(29)2-3-23)4-7(25)18(19)38-21-11(26)14(32)13(31)10(5-28)36-21/h6-19,21-22,28-34H,2-5,23-26H2,1H3,(H,27,35)/t6-,7?,8?,9-,10?,11?,12?,13?,14?,15?,16?,17?,18?,19?,21?,22?/m0/s1. The number of aliphatic hydroxyl groups excluding tert-OH is 7. The Kier molecular flexibility index (Phi) is 11.4. The molecule has 1 saturated carbocycles. The van der Waals surface area contributed by atoms with Crippen LogP contribution in [0, 0.1) is 0 Å². The summed E-state index contributed by atoms with van der Waals surface area (Å²) in [6.45, 7) is 0.930. The average molecular weight is 570 g/mol. The lowest BCUT2D eigenvalue weighted by molar-refractivity contribution is -0.310. The Labute approximate surface area is 224 Å². The molecule has 0 aromatic heterocycles. The fourth-order valence-corrected chi connectivity index (χ4v) is 5.04. The lowest BCUT2D eigenvalue weighted by atomic mass is 9.83. The van der Waals surface area contributed by atoms with Crippen molar-refractivity contribution < 1.29 is 59.5 Å². The Morgan fingerprint density at radius 2 is 1.62 bits per heavy atom. The molecule has 16 N–H and O–H groups in total. The molecule has 2 aliphatic heterocycles. The molecule has 17 heteroatoms. The van der Waals surface area contributed by atoms with E-state index in [9.17, 15) is 40.5 Å². The minimum atomic E-state index is -1.57. The fraction of sp³-hybridized carbons (Fsp3) is 0.955. The molecule has 39 heavy (non-hydrogen) atoms. The second-order valence-corrected chi connectivity index (χ2v) is 10.4. The molecule has 228 valence electrons. The van der Waals surface area contributed by atoms with E-state index in [2.05, 4.69) is 5.32 Å². The van der Waals surface area contributed by atoms with Gasteiger partial charge in [-0.3, -0.25) is 4.79 Å². The number of ether oxygens (including phenoxy) is 4. The molecule has 0 spiro atoms. The predicted molar refractivity (Wildman–Crippen MR) is 130 cm³/mol. The van der Waals surface area contributed by atoms with Gasteiger partial charge in [0.2, 0.25) is 5.91 Å². The van der Waals surface area contributed by atoms with Crippen molar-refractivity contribution in [3.63, 3.8) is 0 Å². The van der Waals surface area contributed by atoms with Gasteiger partial charge in [-0.1, -0.05) is 0 Å². The number of nitrogens with two attached hydrogens (primary N) is 4. The van der Waals surface area contributed by atoms with E-state index in [1.165, 1.54) is 0 Å². The van der Waals surface area contributed by atoms with Gasteiger partial charge >= 0.3 is 0 Å². The van der Waals surface area contributed by atoms with E-state index >= 15 is 0 Å². The molecule has 2 saturated heterocycles. The molecule has 3 fully saturated rings. The van der Waals surface area contributed by atoms with E-state index in [0.717, 1.165) is 0 Å². The van der Waals surface area contributed by atoms with Crippen LogP contribution in [0.2, 0.25) is 0 Å². The minimum Gasteiger partial charge on any atom is -0.394 e. The Morgan fingerprint density at radius 3 is 2.18 bits per heavy atom. The first-order valence-corrected chi connectivity index (χ1v) is 12.9. The number of carbonyl (C=O) groups excluding carboxylic acids is 1. The Balaban J connectivity index is 1.85. The van der Waals surface area contributed by atoms with E-state index < -0.39 is 110 Å². The third-order valence-corrected chi connectivity index (χ3v) is 7.38. The number of nitrogens with one attached hydrogen (secondary N) is 1. The van der Waals surface area contributed by atoms with Crippen molar-refractivity contribution in [2.75, 3.05) is 13.2 Å².